The second-order valence-electron chi connectivity index (χ2n) is 9.29. The van der Waals surface area contributed by atoms with E-state index in [0.29, 0.717) is 30.1 Å². The lowest BCUT2D eigenvalue weighted by Crippen LogP contribution is -2.54. The zero-order chi connectivity index (χ0) is 26.3. The Kier molecular flexibility index (Phi) is 7.28. The molecule has 0 bridgehead atoms. The van der Waals surface area contributed by atoms with E-state index in [1.165, 1.54) is 12.4 Å². The van der Waals surface area contributed by atoms with E-state index in [4.69, 9.17) is 9.90 Å². The minimum absolute atomic E-state index is 0.0924. The second kappa shape index (κ2) is 9.95. The number of piperazine rings is 1. The number of sulfonamides is 1. The van der Waals surface area contributed by atoms with Gasteiger partial charge in [0.1, 0.15) is 10.6 Å². The molecule has 196 valence electrons. The third kappa shape index (κ3) is 5.48. The number of imidazole rings is 1. The highest BCUT2D eigenvalue weighted by atomic mass is 32.2. The minimum Gasteiger partial charge on any atom is -0.483 e. The summed E-state index contributed by atoms with van der Waals surface area (Å²) in [5, 5.41) is 17.7. The number of nitrogens with one attached hydrogen (secondary N) is 2. The van der Waals surface area contributed by atoms with Crippen molar-refractivity contribution in [2.45, 2.75) is 62.6 Å². The summed E-state index contributed by atoms with van der Waals surface area (Å²) < 4.78 is 57.1. The highest BCUT2D eigenvalue weighted by molar-refractivity contribution is 7.89. The molecule has 3 N–H and O–H groups in total. The van der Waals surface area contributed by atoms with Gasteiger partial charge in [-0.25, -0.2) is 26.9 Å². The van der Waals surface area contributed by atoms with E-state index < -0.39 is 27.0 Å². The molecule has 1 aliphatic heterocycles. The molecule has 2 atom stereocenters. The van der Waals surface area contributed by atoms with E-state index in [9.17, 15) is 17.2 Å². The Bertz CT molecular complexity index is 1350. The SMILES string of the molecule is C[C@H]1CN(c2cc(S(=O)(=O)NC3(C)CC3)cn3c(-c4nnc(C(F)F)s4)cnc23)C[C@H](C)N1.O=CO. The van der Waals surface area contributed by atoms with Gasteiger partial charge < -0.3 is 15.3 Å². The van der Waals surface area contributed by atoms with Gasteiger partial charge in [-0.05, 0) is 39.7 Å². The van der Waals surface area contributed by atoms with Crippen molar-refractivity contribution in [2.75, 3.05) is 18.0 Å². The third-order valence-corrected chi connectivity index (χ3v) is 8.56. The van der Waals surface area contributed by atoms with E-state index in [2.05, 4.69) is 44.0 Å². The summed E-state index contributed by atoms with van der Waals surface area (Å²) in [5.41, 5.74) is 1.19. The average molecular weight is 544 g/mol. The van der Waals surface area contributed by atoms with Gasteiger partial charge in [0.2, 0.25) is 10.0 Å². The monoisotopic (exact) mass is 543 g/mol. The molecule has 2 fully saturated rings. The summed E-state index contributed by atoms with van der Waals surface area (Å²) in [6, 6.07) is 2.04. The van der Waals surface area contributed by atoms with E-state index >= 15 is 0 Å². The maximum Gasteiger partial charge on any atom is 0.291 e. The Labute approximate surface area is 210 Å². The first-order chi connectivity index (χ1) is 17.0. The van der Waals surface area contributed by atoms with Gasteiger partial charge in [-0.3, -0.25) is 9.20 Å². The molecule has 0 spiro atoms. The number of carboxylic acid groups (broad SMARTS) is 1. The summed E-state index contributed by atoms with van der Waals surface area (Å²) in [4.78, 5) is 15.1. The lowest BCUT2D eigenvalue weighted by molar-refractivity contribution is -0.122. The Morgan fingerprint density at radius 2 is 1.92 bits per heavy atom. The van der Waals surface area contributed by atoms with Gasteiger partial charge in [-0.1, -0.05) is 11.3 Å². The van der Waals surface area contributed by atoms with Crippen molar-refractivity contribution >= 4 is 39.2 Å². The van der Waals surface area contributed by atoms with Crippen LogP contribution < -0.4 is 14.9 Å². The van der Waals surface area contributed by atoms with Gasteiger partial charge in [0.05, 0.1) is 11.9 Å². The van der Waals surface area contributed by atoms with Crippen molar-refractivity contribution in [3.05, 3.63) is 23.5 Å². The smallest absolute Gasteiger partial charge is 0.291 e. The molecule has 0 amide bonds. The van der Waals surface area contributed by atoms with Crippen LogP contribution in [0.5, 0.6) is 0 Å². The largest absolute Gasteiger partial charge is 0.483 e. The maximum atomic E-state index is 13.3. The van der Waals surface area contributed by atoms with Crippen LogP contribution in [-0.2, 0) is 14.8 Å². The molecule has 1 aliphatic carbocycles. The first-order valence-corrected chi connectivity index (χ1v) is 13.5. The number of halogens is 2. The van der Waals surface area contributed by atoms with Crippen molar-refractivity contribution < 1.29 is 27.1 Å². The zero-order valence-electron chi connectivity index (χ0n) is 19.9. The van der Waals surface area contributed by atoms with Crippen LogP contribution in [0.25, 0.3) is 16.3 Å². The Morgan fingerprint density at radius 3 is 2.47 bits per heavy atom. The van der Waals surface area contributed by atoms with Crippen LogP contribution in [0.1, 0.15) is 45.0 Å². The minimum atomic E-state index is -3.81. The number of rotatable bonds is 6. The molecular weight excluding hydrogens is 516 g/mol. The Hall–Kier alpha value is -2.75. The van der Waals surface area contributed by atoms with Crippen LogP contribution in [0, 0.1) is 0 Å². The Balaban J connectivity index is 0.000000967. The second-order valence-corrected chi connectivity index (χ2v) is 12.0. The van der Waals surface area contributed by atoms with Crippen LogP contribution in [0.2, 0.25) is 0 Å². The summed E-state index contributed by atoms with van der Waals surface area (Å²) in [5.74, 6) is 0. The number of aromatic nitrogens is 4. The summed E-state index contributed by atoms with van der Waals surface area (Å²) in [6.07, 6.45) is 1.84. The van der Waals surface area contributed by atoms with E-state index in [1.54, 1.807) is 10.5 Å². The van der Waals surface area contributed by atoms with Crippen molar-refractivity contribution in [1.82, 2.24) is 29.6 Å². The van der Waals surface area contributed by atoms with Crippen LogP contribution >= 0.6 is 11.3 Å². The summed E-state index contributed by atoms with van der Waals surface area (Å²) >= 11 is 0.767. The molecule has 2 aliphatic rings. The van der Waals surface area contributed by atoms with E-state index in [1.807, 2.05) is 6.92 Å². The first kappa shape index (κ1) is 26.3. The molecule has 11 nitrogen and oxygen atoms in total. The highest BCUT2D eigenvalue weighted by Crippen LogP contribution is 2.37. The summed E-state index contributed by atoms with van der Waals surface area (Å²) in [7, 11) is -3.81. The van der Waals surface area contributed by atoms with Crippen molar-refractivity contribution in [1.29, 1.82) is 0 Å². The molecule has 0 radical (unpaired) electrons. The number of fused-ring (bicyclic) bond motifs is 1. The number of hydrogen-bond acceptors (Lipinski definition) is 9. The van der Waals surface area contributed by atoms with Gasteiger partial charge in [0, 0.05) is 36.9 Å². The van der Waals surface area contributed by atoms with Crippen molar-refractivity contribution in [3.8, 4) is 10.7 Å². The molecule has 0 unspecified atom stereocenters. The standard InChI is InChI=1S/C20H25F2N7O2S2.CH2O2/c1-11-8-28(9-12(2)24-11)14-6-13(33(30,31)27-20(3)4-5-20)10-29-15(7-23-17(14)29)18-25-26-19(32-18)16(21)22;2-1-3/h6-7,10-12,16,24,27H,4-5,8-9H2,1-3H3;1H,(H,2,3)/t11-,12-;/m0./s1. The number of anilines is 1. The predicted octanol–water partition coefficient (Wildman–Crippen LogP) is 2.51. The van der Waals surface area contributed by atoms with Crippen LogP contribution in [0.3, 0.4) is 0 Å². The molecule has 3 aromatic heterocycles. The van der Waals surface area contributed by atoms with Gasteiger partial charge in [-0.2, -0.15) is 0 Å². The van der Waals surface area contributed by atoms with Crippen LogP contribution in [0.15, 0.2) is 23.4 Å². The molecule has 5 rings (SSSR count). The highest BCUT2D eigenvalue weighted by Gasteiger charge is 2.41. The maximum absolute atomic E-state index is 13.3. The molecule has 1 saturated carbocycles. The van der Waals surface area contributed by atoms with Crippen molar-refractivity contribution in [2.24, 2.45) is 0 Å². The fraction of sp³-hybridized carbons (Fsp3) is 0.524. The van der Waals surface area contributed by atoms with Gasteiger partial charge in [0.25, 0.3) is 12.9 Å². The number of hydrogen-bond donors (Lipinski definition) is 3. The lowest BCUT2D eigenvalue weighted by atomic mass is 10.1. The molecule has 4 heterocycles. The van der Waals surface area contributed by atoms with Gasteiger partial charge >= 0.3 is 0 Å². The van der Waals surface area contributed by atoms with Crippen molar-refractivity contribution in [3.63, 3.8) is 0 Å². The molecule has 3 aromatic rings. The fourth-order valence-corrected chi connectivity index (χ4v) is 6.39. The van der Waals surface area contributed by atoms with Crippen LogP contribution in [-0.4, -0.2) is 70.3 Å². The van der Waals surface area contributed by atoms with E-state index in [0.717, 1.165) is 24.2 Å². The summed E-state index contributed by atoms with van der Waals surface area (Å²) in [6.45, 7) is 7.11. The Morgan fingerprint density at radius 1 is 1.28 bits per heavy atom. The van der Waals surface area contributed by atoms with Gasteiger partial charge in [-0.15, -0.1) is 10.2 Å². The normalized spacial score (nSPS) is 21.3. The first-order valence-electron chi connectivity index (χ1n) is 11.2. The van der Waals surface area contributed by atoms with Crippen LogP contribution in [0.4, 0.5) is 14.5 Å². The third-order valence-electron chi connectivity index (χ3n) is 6.00. The fourth-order valence-electron chi connectivity index (χ4n) is 4.21. The number of carbonyl (C=O) groups is 1. The quantitative estimate of drug-likeness (QED) is 0.400. The number of alkyl halides is 2. The molecule has 0 aromatic carbocycles. The lowest BCUT2D eigenvalue weighted by Gasteiger charge is -2.37. The predicted molar refractivity (Wildman–Crippen MR) is 130 cm³/mol. The number of pyridine rings is 1. The van der Waals surface area contributed by atoms with E-state index in [-0.39, 0.29) is 28.5 Å². The molecule has 15 heteroatoms. The topological polar surface area (TPSA) is 142 Å². The average Bonchev–Trinajstić information content (AvgIpc) is 3.17. The zero-order valence-corrected chi connectivity index (χ0v) is 21.5. The molecular formula is C21H27F2N7O4S2. The number of nitrogens with zero attached hydrogens (tertiary/aromatic N) is 5. The molecule has 1 saturated heterocycles. The molecule has 36 heavy (non-hydrogen) atoms. The van der Waals surface area contributed by atoms with Gasteiger partial charge in [0.15, 0.2) is 15.7 Å².